The molecule has 0 atom stereocenters. The Hall–Kier alpha value is -4.40. The number of methoxy groups -OCH3 is 1. The van der Waals surface area contributed by atoms with Crippen LogP contribution in [0, 0.1) is 11.3 Å². The summed E-state index contributed by atoms with van der Waals surface area (Å²) in [4.78, 5) is 25.7. The van der Waals surface area contributed by atoms with Gasteiger partial charge in [-0.2, -0.15) is 5.26 Å². The fourth-order valence-electron chi connectivity index (χ4n) is 4.80. The van der Waals surface area contributed by atoms with Crippen LogP contribution in [-0.4, -0.2) is 66.7 Å². The number of benzene rings is 2. The van der Waals surface area contributed by atoms with E-state index in [4.69, 9.17) is 9.72 Å². The number of rotatable bonds is 11. The lowest BCUT2D eigenvalue weighted by Gasteiger charge is -2.26. The van der Waals surface area contributed by atoms with Crippen LogP contribution in [0.25, 0.3) is 22.2 Å². The van der Waals surface area contributed by atoms with Crippen LogP contribution < -0.4 is 20.3 Å². The van der Waals surface area contributed by atoms with Crippen LogP contribution in [-0.2, 0) is 4.79 Å². The number of hydrogen-bond acceptors (Lipinski definition) is 8. The van der Waals surface area contributed by atoms with Crippen LogP contribution in [0.1, 0.15) is 24.4 Å². The molecule has 2 N–H and O–H groups in total. The van der Waals surface area contributed by atoms with Crippen molar-refractivity contribution in [2.45, 2.75) is 18.9 Å². The Morgan fingerprint density at radius 2 is 1.98 bits per heavy atom. The first kappa shape index (κ1) is 30.6. The van der Waals surface area contributed by atoms with E-state index < -0.39 is 0 Å². The maximum absolute atomic E-state index is 12.3. The molecule has 10 nitrogen and oxygen atoms in total. The number of nitrogens with one attached hydrogen (secondary N) is 2. The second-order valence-corrected chi connectivity index (χ2v) is 10.4. The van der Waals surface area contributed by atoms with E-state index in [0.717, 1.165) is 48.1 Å². The summed E-state index contributed by atoms with van der Waals surface area (Å²) in [6, 6.07) is 14.6. The van der Waals surface area contributed by atoms with Gasteiger partial charge in [0.15, 0.2) is 0 Å². The minimum Gasteiger partial charge on any atom is -0.494 e. The summed E-state index contributed by atoms with van der Waals surface area (Å²) in [5.41, 5.74) is 4.89. The molecule has 0 aliphatic heterocycles. The number of aromatic nitrogens is 3. The van der Waals surface area contributed by atoms with Crippen LogP contribution in [0.4, 0.5) is 23.0 Å². The molecule has 1 fully saturated rings. The van der Waals surface area contributed by atoms with E-state index in [-0.39, 0.29) is 22.9 Å². The fourth-order valence-corrected chi connectivity index (χ4v) is 4.80. The van der Waals surface area contributed by atoms with Gasteiger partial charge in [0.1, 0.15) is 11.8 Å². The van der Waals surface area contributed by atoms with Gasteiger partial charge in [-0.05, 0) is 45.1 Å². The normalized spacial score (nSPS) is 12.4. The summed E-state index contributed by atoms with van der Waals surface area (Å²) in [7, 11) is 7.57. The zero-order valence-electron chi connectivity index (χ0n) is 24.2. The number of ether oxygens (including phenoxy) is 1. The van der Waals surface area contributed by atoms with Crippen molar-refractivity contribution < 1.29 is 9.53 Å². The summed E-state index contributed by atoms with van der Waals surface area (Å²) in [5, 5.41) is 17.1. The Balaban J connectivity index is 0.00000405. The first-order chi connectivity index (χ1) is 19.8. The number of carbonyl (C=O) groups excluding carboxylic acids is 1. The summed E-state index contributed by atoms with van der Waals surface area (Å²) < 4.78 is 8.01. The van der Waals surface area contributed by atoms with E-state index in [9.17, 15) is 10.1 Å². The second-order valence-electron chi connectivity index (χ2n) is 10.4. The highest BCUT2D eigenvalue weighted by molar-refractivity contribution is 8.93. The van der Waals surface area contributed by atoms with Crippen LogP contribution in [0.3, 0.4) is 0 Å². The SMILES string of the molecule is Br.C=CC(=O)Nc1cc(Nc2ncc(C#N)c(-c3cn(C4CC4)c4ccccc34)n2)c(OC)cc1N(C)CCN(C)C. The van der Waals surface area contributed by atoms with Crippen molar-refractivity contribution in [1.29, 1.82) is 5.26 Å². The van der Waals surface area contributed by atoms with Crippen LogP contribution in [0.15, 0.2) is 61.4 Å². The quantitative estimate of drug-likeness (QED) is 0.201. The molecular formula is C31H35BrN8O2. The van der Waals surface area contributed by atoms with Crippen LogP contribution >= 0.6 is 17.0 Å². The molecule has 1 saturated carbocycles. The van der Waals surface area contributed by atoms with E-state index >= 15 is 0 Å². The first-order valence-electron chi connectivity index (χ1n) is 13.5. The third-order valence-corrected chi connectivity index (χ3v) is 7.15. The molecule has 11 heteroatoms. The molecule has 0 saturated heterocycles. The van der Waals surface area contributed by atoms with Crippen molar-refractivity contribution in [2.24, 2.45) is 0 Å². The average Bonchev–Trinajstić information content (AvgIpc) is 3.75. The highest BCUT2D eigenvalue weighted by Gasteiger charge is 2.27. The van der Waals surface area contributed by atoms with Gasteiger partial charge >= 0.3 is 0 Å². The Bertz CT molecular complexity index is 1650. The molecule has 0 unspecified atom stereocenters. The van der Waals surface area contributed by atoms with E-state index in [2.05, 4.69) is 61.0 Å². The molecule has 2 aromatic heterocycles. The van der Waals surface area contributed by atoms with Crippen LogP contribution in [0.5, 0.6) is 5.75 Å². The number of nitriles is 1. The molecule has 5 rings (SSSR count). The number of amides is 1. The van der Waals surface area contributed by atoms with Crippen molar-refractivity contribution in [1.82, 2.24) is 19.4 Å². The molecule has 2 heterocycles. The molecule has 42 heavy (non-hydrogen) atoms. The largest absolute Gasteiger partial charge is 0.494 e. The van der Waals surface area contributed by atoms with Crippen molar-refractivity contribution in [2.75, 3.05) is 56.9 Å². The Labute approximate surface area is 256 Å². The Morgan fingerprint density at radius 3 is 2.64 bits per heavy atom. The summed E-state index contributed by atoms with van der Waals surface area (Å²) in [6.45, 7) is 5.15. The maximum atomic E-state index is 12.3. The average molecular weight is 632 g/mol. The van der Waals surface area contributed by atoms with Crippen molar-refractivity contribution in [3.05, 3.63) is 67.0 Å². The number of carbonyl (C=O) groups is 1. The monoisotopic (exact) mass is 630 g/mol. The van der Waals surface area contributed by atoms with Gasteiger partial charge < -0.3 is 29.7 Å². The van der Waals surface area contributed by atoms with E-state index in [1.54, 1.807) is 13.2 Å². The topological polar surface area (TPSA) is 111 Å². The van der Waals surface area contributed by atoms with Crippen LogP contribution in [0.2, 0.25) is 0 Å². The van der Waals surface area contributed by atoms with E-state index in [1.165, 1.54) is 12.3 Å². The van der Waals surface area contributed by atoms with Crippen molar-refractivity contribution in [3.8, 4) is 23.1 Å². The highest BCUT2D eigenvalue weighted by atomic mass is 79.9. The highest BCUT2D eigenvalue weighted by Crippen LogP contribution is 2.42. The number of likely N-dealkylation sites (N-methyl/N-ethyl adjacent to an activating group) is 2. The number of anilines is 4. The molecule has 4 aromatic rings. The van der Waals surface area contributed by atoms with Gasteiger partial charge in [0.2, 0.25) is 11.9 Å². The molecule has 1 aliphatic rings. The molecule has 1 aliphatic carbocycles. The Kier molecular flexibility index (Phi) is 9.50. The molecule has 218 valence electrons. The molecule has 0 bridgehead atoms. The van der Waals surface area contributed by atoms with Gasteiger partial charge in [-0.3, -0.25) is 4.79 Å². The third-order valence-electron chi connectivity index (χ3n) is 7.15. The summed E-state index contributed by atoms with van der Waals surface area (Å²) in [5.74, 6) is 0.524. The minimum atomic E-state index is -0.327. The predicted molar refractivity (Wildman–Crippen MR) is 173 cm³/mol. The van der Waals surface area contributed by atoms with E-state index in [0.29, 0.717) is 40.4 Å². The number of halogens is 1. The smallest absolute Gasteiger partial charge is 0.247 e. The molecular weight excluding hydrogens is 596 g/mol. The second kappa shape index (κ2) is 13.1. The zero-order valence-corrected chi connectivity index (χ0v) is 25.9. The van der Waals surface area contributed by atoms with Crippen molar-refractivity contribution >= 4 is 56.8 Å². The lowest BCUT2D eigenvalue weighted by molar-refractivity contribution is -0.111. The molecule has 0 radical (unpaired) electrons. The predicted octanol–water partition coefficient (Wildman–Crippen LogP) is 5.76. The zero-order chi connectivity index (χ0) is 29.1. The lowest BCUT2D eigenvalue weighted by atomic mass is 10.1. The Morgan fingerprint density at radius 1 is 1.21 bits per heavy atom. The van der Waals surface area contributed by atoms with Gasteiger partial charge in [-0.15, -0.1) is 17.0 Å². The minimum absolute atomic E-state index is 0. The summed E-state index contributed by atoms with van der Waals surface area (Å²) in [6.07, 6.45) is 7.14. The van der Waals surface area contributed by atoms with Crippen molar-refractivity contribution in [3.63, 3.8) is 0 Å². The number of nitrogens with zero attached hydrogens (tertiary/aromatic N) is 6. The molecule has 2 aromatic carbocycles. The number of para-hydroxylation sites is 1. The van der Waals surface area contributed by atoms with Gasteiger partial charge in [-0.25, -0.2) is 9.97 Å². The number of fused-ring (bicyclic) bond motifs is 1. The molecule has 0 spiro atoms. The number of hydrogen-bond donors (Lipinski definition) is 2. The standard InChI is InChI=1S/C31H34N8O2.BrH/c1-6-29(40)34-24-15-25(28(41-5)16-27(24)38(4)14-13-37(2)3)35-31-33-18-20(17-32)30(36-31)23-19-39(21-11-12-21)26-10-8-7-9-22(23)26;/h6-10,15-16,18-19,21H,1,11-14H2,2-5H3,(H,34,40)(H,33,35,36);1H. The molecule has 1 amide bonds. The van der Waals surface area contributed by atoms with Gasteiger partial charge in [0.05, 0.1) is 41.6 Å². The van der Waals surface area contributed by atoms with Gasteiger partial charge in [0, 0.05) is 54.9 Å². The first-order valence-corrected chi connectivity index (χ1v) is 13.5. The lowest BCUT2D eigenvalue weighted by Crippen LogP contribution is -2.29. The third kappa shape index (κ3) is 6.40. The fraction of sp³-hybridized carbons (Fsp3) is 0.290. The van der Waals surface area contributed by atoms with E-state index in [1.807, 2.05) is 39.3 Å². The van der Waals surface area contributed by atoms with Gasteiger partial charge in [0.25, 0.3) is 0 Å². The van der Waals surface area contributed by atoms with Gasteiger partial charge in [-0.1, -0.05) is 24.8 Å². The summed E-state index contributed by atoms with van der Waals surface area (Å²) >= 11 is 0. The maximum Gasteiger partial charge on any atom is 0.247 e.